The van der Waals surface area contributed by atoms with Gasteiger partial charge in [0.1, 0.15) is 0 Å². The average Bonchev–Trinajstić information content (AvgIpc) is 1.99. The van der Waals surface area contributed by atoms with Gasteiger partial charge < -0.3 is 0 Å². The average molecular weight is 216 g/mol. The lowest BCUT2D eigenvalue weighted by atomic mass is 10.1. The van der Waals surface area contributed by atoms with Crippen molar-refractivity contribution in [2.75, 3.05) is 0 Å². The van der Waals surface area contributed by atoms with Crippen LogP contribution >= 0.6 is 23.2 Å². The minimum absolute atomic E-state index is 0.607. The summed E-state index contributed by atoms with van der Waals surface area (Å²) in [6.45, 7) is 7.62. The predicted octanol–water partition coefficient (Wildman–Crippen LogP) is 3.82. The molecule has 0 N–H and O–H groups in total. The number of aromatic nitrogens is 1. The van der Waals surface area contributed by atoms with Gasteiger partial charge in [0.25, 0.3) is 0 Å². The summed E-state index contributed by atoms with van der Waals surface area (Å²) in [6, 6.07) is 1.73. The Bertz CT molecular complexity index is 345. The molecule has 0 spiro atoms. The normalized spacial score (nSPS) is 10.2. The molecule has 13 heavy (non-hydrogen) atoms. The van der Waals surface area contributed by atoms with Crippen LogP contribution in [0.3, 0.4) is 0 Å². The van der Waals surface area contributed by atoms with Crippen molar-refractivity contribution in [2.24, 2.45) is 0 Å². The van der Waals surface area contributed by atoms with Crippen molar-refractivity contribution in [3.05, 3.63) is 39.7 Å². The first-order valence-electron chi connectivity index (χ1n) is 3.96. The third kappa shape index (κ3) is 2.71. The smallest absolute Gasteiger partial charge is 0.0639 e. The summed E-state index contributed by atoms with van der Waals surface area (Å²) < 4.78 is 0. The lowest BCUT2D eigenvalue weighted by Gasteiger charge is -2.05. The van der Waals surface area contributed by atoms with Gasteiger partial charge in [-0.05, 0) is 19.9 Å². The van der Waals surface area contributed by atoms with Crippen LogP contribution in [0.2, 0.25) is 10.0 Å². The highest BCUT2D eigenvalue weighted by Gasteiger charge is 2.05. The van der Waals surface area contributed by atoms with Gasteiger partial charge in [0.15, 0.2) is 0 Å². The zero-order chi connectivity index (χ0) is 10.0. The van der Waals surface area contributed by atoms with Gasteiger partial charge in [-0.15, -0.1) is 0 Å². The van der Waals surface area contributed by atoms with Gasteiger partial charge in [0.2, 0.25) is 0 Å². The highest BCUT2D eigenvalue weighted by atomic mass is 35.5. The Kier molecular flexibility index (Phi) is 3.34. The van der Waals surface area contributed by atoms with E-state index in [1.165, 1.54) is 0 Å². The minimum atomic E-state index is 0.607. The molecule has 0 saturated heterocycles. The van der Waals surface area contributed by atoms with Crippen LogP contribution < -0.4 is 0 Å². The molecule has 3 heteroatoms. The van der Waals surface area contributed by atoms with E-state index in [1.807, 2.05) is 13.8 Å². The highest BCUT2D eigenvalue weighted by molar-refractivity contribution is 6.35. The van der Waals surface area contributed by atoms with Crippen LogP contribution in [-0.4, -0.2) is 4.98 Å². The number of aryl methyl sites for hydroxylation is 1. The van der Waals surface area contributed by atoms with Crippen LogP contribution in [-0.2, 0) is 6.42 Å². The van der Waals surface area contributed by atoms with Crippen molar-refractivity contribution in [1.82, 2.24) is 4.98 Å². The molecule has 0 aliphatic heterocycles. The summed E-state index contributed by atoms with van der Waals surface area (Å²) in [6.07, 6.45) is 0.705. The van der Waals surface area contributed by atoms with E-state index >= 15 is 0 Å². The topological polar surface area (TPSA) is 12.9 Å². The monoisotopic (exact) mass is 215 g/mol. The Hall–Kier alpha value is -0.530. The molecule has 1 aromatic heterocycles. The summed E-state index contributed by atoms with van der Waals surface area (Å²) in [7, 11) is 0. The summed E-state index contributed by atoms with van der Waals surface area (Å²) in [5, 5.41) is 1.22. The first-order chi connectivity index (χ1) is 6.00. The fourth-order valence-corrected chi connectivity index (χ4v) is 1.44. The Balaban J connectivity index is 3.08. The van der Waals surface area contributed by atoms with E-state index in [2.05, 4.69) is 11.6 Å². The number of pyridine rings is 1. The third-order valence-electron chi connectivity index (χ3n) is 1.65. The molecule has 1 aromatic rings. The standard InChI is InChI=1S/C10H11Cl2N/c1-6(2)4-10-9(12)5-8(11)7(3)13-10/h5H,1,4H2,2-3H3. The second-order valence-corrected chi connectivity index (χ2v) is 3.93. The molecule has 0 amide bonds. The maximum Gasteiger partial charge on any atom is 0.0639 e. The predicted molar refractivity (Wildman–Crippen MR) is 57.5 cm³/mol. The van der Waals surface area contributed by atoms with Gasteiger partial charge in [0.05, 0.1) is 21.4 Å². The van der Waals surface area contributed by atoms with E-state index in [4.69, 9.17) is 23.2 Å². The number of allylic oxidation sites excluding steroid dienone is 1. The van der Waals surface area contributed by atoms with E-state index < -0.39 is 0 Å². The van der Waals surface area contributed by atoms with Crippen LogP contribution in [0.1, 0.15) is 18.3 Å². The van der Waals surface area contributed by atoms with E-state index in [1.54, 1.807) is 6.07 Å². The maximum absolute atomic E-state index is 5.96. The Morgan fingerprint density at radius 1 is 1.46 bits per heavy atom. The fourth-order valence-electron chi connectivity index (χ4n) is 1.02. The lowest BCUT2D eigenvalue weighted by Crippen LogP contribution is -1.95. The molecule has 0 saturated carbocycles. The molecule has 0 aromatic carbocycles. The van der Waals surface area contributed by atoms with E-state index in [-0.39, 0.29) is 0 Å². The van der Waals surface area contributed by atoms with E-state index in [0.29, 0.717) is 16.5 Å². The third-order valence-corrected chi connectivity index (χ3v) is 2.36. The molecular formula is C10H11Cl2N. The molecule has 0 aliphatic rings. The van der Waals surface area contributed by atoms with Crippen molar-refractivity contribution < 1.29 is 0 Å². The number of rotatable bonds is 2. The molecule has 0 bridgehead atoms. The minimum Gasteiger partial charge on any atom is -0.255 e. The van der Waals surface area contributed by atoms with Gasteiger partial charge in [0, 0.05) is 6.42 Å². The first-order valence-corrected chi connectivity index (χ1v) is 4.72. The molecule has 1 heterocycles. The number of nitrogens with zero attached hydrogens (tertiary/aromatic N) is 1. The Morgan fingerprint density at radius 3 is 2.62 bits per heavy atom. The van der Waals surface area contributed by atoms with Gasteiger partial charge in [-0.25, -0.2) is 0 Å². The van der Waals surface area contributed by atoms with Crippen LogP contribution in [0.5, 0.6) is 0 Å². The molecule has 0 atom stereocenters. The number of halogens is 2. The molecule has 1 nitrogen and oxygen atoms in total. The van der Waals surface area contributed by atoms with Gasteiger partial charge in [-0.2, -0.15) is 0 Å². The summed E-state index contributed by atoms with van der Waals surface area (Å²) >= 11 is 11.8. The summed E-state index contributed by atoms with van der Waals surface area (Å²) in [4.78, 5) is 4.29. The molecule has 0 fully saturated rings. The zero-order valence-electron chi connectivity index (χ0n) is 7.69. The number of hydrogen-bond acceptors (Lipinski definition) is 1. The van der Waals surface area contributed by atoms with Gasteiger partial charge in [-0.3, -0.25) is 4.98 Å². The van der Waals surface area contributed by atoms with Crippen molar-refractivity contribution >= 4 is 23.2 Å². The lowest BCUT2D eigenvalue weighted by molar-refractivity contribution is 1.02. The molecule has 70 valence electrons. The largest absolute Gasteiger partial charge is 0.255 e. The quantitative estimate of drug-likeness (QED) is 0.685. The summed E-state index contributed by atoms with van der Waals surface area (Å²) in [5.41, 5.74) is 2.69. The number of hydrogen-bond donors (Lipinski definition) is 0. The molecule has 0 unspecified atom stereocenters. The van der Waals surface area contributed by atoms with Crippen molar-refractivity contribution in [3.63, 3.8) is 0 Å². The van der Waals surface area contributed by atoms with E-state index in [9.17, 15) is 0 Å². The second kappa shape index (κ2) is 4.12. The zero-order valence-corrected chi connectivity index (χ0v) is 9.21. The highest BCUT2D eigenvalue weighted by Crippen LogP contribution is 2.23. The van der Waals surface area contributed by atoms with Crippen LogP contribution in [0, 0.1) is 6.92 Å². The first kappa shape index (κ1) is 10.6. The van der Waals surface area contributed by atoms with Crippen molar-refractivity contribution in [1.29, 1.82) is 0 Å². The Labute approximate surface area is 88.4 Å². The molecular weight excluding hydrogens is 205 g/mol. The fraction of sp³-hybridized carbons (Fsp3) is 0.300. The van der Waals surface area contributed by atoms with Crippen LogP contribution in [0.15, 0.2) is 18.2 Å². The molecule has 0 radical (unpaired) electrons. The van der Waals surface area contributed by atoms with Crippen LogP contribution in [0.25, 0.3) is 0 Å². The van der Waals surface area contributed by atoms with Gasteiger partial charge >= 0.3 is 0 Å². The van der Waals surface area contributed by atoms with Crippen molar-refractivity contribution in [2.45, 2.75) is 20.3 Å². The SMILES string of the molecule is C=C(C)Cc1nc(C)c(Cl)cc1Cl. The molecule has 0 aliphatic carbocycles. The molecule has 1 rings (SSSR count). The Morgan fingerprint density at radius 2 is 2.08 bits per heavy atom. The maximum atomic E-state index is 5.96. The van der Waals surface area contributed by atoms with Crippen molar-refractivity contribution in [3.8, 4) is 0 Å². The van der Waals surface area contributed by atoms with Gasteiger partial charge in [-0.1, -0.05) is 35.4 Å². The summed E-state index contributed by atoms with van der Waals surface area (Å²) in [5.74, 6) is 0. The van der Waals surface area contributed by atoms with Crippen LogP contribution in [0.4, 0.5) is 0 Å². The van der Waals surface area contributed by atoms with E-state index in [0.717, 1.165) is 17.0 Å². The second-order valence-electron chi connectivity index (χ2n) is 3.12.